The molecule has 1 aromatic heterocycles. The quantitative estimate of drug-likeness (QED) is 0.845. The van der Waals surface area contributed by atoms with Crippen LogP contribution in [0.5, 0.6) is 0 Å². The Labute approximate surface area is 138 Å². The van der Waals surface area contributed by atoms with Crippen LogP contribution in [0.2, 0.25) is 0 Å². The third-order valence-corrected chi connectivity index (χ3v) is 6.21. The molecule has 2 heterocycles. The van der Waals surface area contributed by atoms with Gasteiger partial charge in [0, 0.05) is 31.9 Å². The van der Waals surface area contributed by atoms with Crippen molar-refractivity contribution in [2.45, 2.75) is 50.2 Å². The van der Waals surface area contributed by atoms with Crippen molar-refractivity contribution in [3.63, 3.8) is 0 Å². The lowest BCUT2D eigenvalue weighted by atomic mass is 10.1. The van der Waals surface area contributed by atoms with Gasteiger partial charge in [0.2, 0.25) is 0 Å². The van der Waals surface area contributed by atoms with Crippen LogP contribution in [0.15, 0.2) is 17.6 Å². The second-order valence-corrected chi connectivity index (χ2v) is 7.96. The summed E-state index contributed by atoms with van der Waals surface area (Å²) >= 11 is 0. The standard InChI is InChI=1S/C14H24N4O2S.ClH/c1-2-17-10-14(16-11-17)21(19,20)18-7-5-13(6-8-18)15-9-12-3-4-12;/h10-13,15H,2-9H2,1H3;1H. The molecule has 0 radical (unpaired) electrons. The van der Waals surface area contributed by atoms with E-state index in [1.165, 1.54) is 12.8 Å². The number of nitrogens with zero attached hydrogens (tertiary/aromatic N) is 3. The number of hydrogen-bond donors (Lipinski definition) is 1. The normalized spacial score (nSPS) is 20.8. The second-order valence-electron chi connectivity index (χ2n) is 6.07. The van der Waals surface area contributed by atoms with Gasteiger partial charge in [0.1, 0.15) is 0 Å². The van der Waals surface area contributed by atoms with Crippen molar-refractivity contribution in [2.24, 2.45) is 5.92 Å². The fourth-order valence-corrected chi connectivity index (χ4v) is 4.14. The molecule has 0 aromatic carbocycles. The molecular weight excluding hydrogens is 324 g/mol. The van der Waals surface area contributed by atoms with E-state index in [1.54, 1.807) is 21.4 Å². The van der Waals surface area contributed by atoms with Gasteiger partial charge in [-0.25, -0.2) is 13.4 Å². The lowest BCUT2D eigenvalue weighted by Gasteiger charge is -2.31. The predicted octanol–water partition coefficient (Wildman–Crippen LogP) is 1.48. The molecule has 1 aliphatic heterocycles. The van der Waals surface area contributed by atoms with Gasteiger partial charge < -0.3 is 9.88 Å². The van der Waals surface area contributed by atoms with Crippen LogP contribution in [-0.4, -0.2) is 48.0 Å². The molecule has 1 aromatic rings. The highest BCUT2D eigenvalue weighted by atomic mass is 35.5. The summed E-state index contributed by atoms with van der Waals surface area (Å²) in [7, 11) is -3.42. The van der Waals surface area contributed by atoms with E-state index in [9.17, 15) is 8.42 Å². The van der Waals surface area contributed by atoms with Gasteiger partial charge in [-0.15, -0.1) is 12.4 Å². The van der Waals surface area contributed by atoms with Crippen molar-refractivity contribution in [1.82, 2.24) is 19.2 Å². The summed E-state index contributed by atoms with van der Waals surface area (Å²) in [5.41, 5.74) is 0. The van der Waals surface area contributed by atoms with E-state index in [0.717, 1.165) is 31.8 Å². The van der Waals surface area contributed by atoms with Gasteiger partial charge in [-0.3, -0.25) is 0 Å². The number of imidazole rings is 1. The fourth-order valence-electron chi connectivity index (χ4n) is 2.73. The van der Waals surface area contributed by atoms with E-state index in [-0.39, 0.29) is 17.4 Å². The van der Waals surface area contributed by atoms with Crippen LogP contribution in [0, 0.1) is 5.92 Å². The molecule has 0 amide bonds. The first-order chi connectivity index (χ1) is 10.1. The maximum absolute atomic E-state index is 12.5. The molecule has 0 bridgehead atoms. The Morgan fingerprint density at radius 3 is 2.50 bits per heavy atom. The molecule has 2 aliphatic rings. The Morgan fingerprint density at radius 1 is 1.27 bits per heavy atom. The second kappa shape index (κ2) is 7.29. The lowest BCUT2D eigenvalue weighted by molar-refractivity contribution is 0.287. The van der Waals surface area contributed by atoms with Crippen LogP contribution in [0.4, 0.5) is 0 Å². The van der Waals surface area contributed by atoms with Crippen LogP contribution >= 0.6 is 12.4 Å². The number of aryl methyl sites for hydroxylation is 1. The molecule has 8 heteroatoms. The van der Waals surface area contributed by atoms with Gasteiger partial charge in [-0.1, -0.05) is 0 Å². The van der Waals surface area contributed by atoms with Crippen molar-refractivity contribution in [3.8, 4) is 0 Å². The minimum absolute atomic E-state index is 0. The van der Waals surface area contributed by atoms with Crippen LogP contribution in [0.3, 0.4) is 0 Å². The van der Waals surface area contributed by atoms with E-state index in [2.05, 4.69) is 10.3 Å². The maximum atomic E-state index is 12.5. The number of aromatic nitrogens is 2. The molecule has 1 saturated carbocycles. The number of sulfonamides is 1. The van der Waals surface area contributed by atoms with E-state index in [4.69, 9.17) is 0 Å². The summed E-state index contributed by atoms with van der Waals surface area (Å²) in [6.45, 7) is 4.97. The van der Waals surface area contributed by atoms with Crippen molar-refractivity contribution in [1.29, 1.82) is 0 Å². The Hall–Kier alpha value is -0.630. The van der Waals surface area contributed by atoms with Crippen molar-refractivity contribution >= 4 is 22.4 Å². The third-order valence-electron chi connectivity index (χ3n) is 4.42. The minimum atomic E-state index is -3.42. The summed E-state index contributed by atoms with van der Waals surface area (Å²) in [5.74, 6) is 0.866. The van der Waals surface area contributed by atoms with Gasteiger partial charge in [0.25, 0.3) is 10.0 Å². The average Bonchev–Trinajstić information content (AvgIpc) is 3.19. The molecule has 0 unspecified atom stereocenters. The summed E-state index contributed by atoms with van der Waals surface area (Å²) in [5, 5.41) is 3.74. The molecule has 126 valence electrons. The summed E-state index contributed by atoms with van der Waals surface area (Å²) < 4.78 is 28.4. The average molecular weight is 349 g/mol. The monoisotopic (exact) mass is 348 g/mol. The molecule has 1 N–H and O–H groups in total. The molecule has 1 aliphatic carbocycles. The fraction of sp³-hybridized carbons (Fsp3) is 0.786. The first-order valence-electron chi connectivity index (χ1n) is 7.85. The molecular formula is C14H25ClN4O2S. The first-order valence-corrected chi connectivity index (χ1v) is 9.29. The molecule has 6 nitrogen and oxygen atoms in total. The van der Waals surface area contributed by atoms with Crippen LogP contribution in [0.25, 0.3) is 0 Å². The zero-order chi connectivity index (χ0) is 14.9. The van der Waals surface area contributed by atoms with Crippen molar-refractivity contribution in [2.75, 3.05) is 19.6 Å². The highest BCUT2D eigenvalue weighted by molar-refractivity contribution is 7.89. The number of nitrogens with one attached hydrogen (secondary N) is 1. The maximum Gasteiger partial charge on any atom is 0.262 e. The Morgan fingerprint density at radius 2 is 1.95 bits per heavy atom. The minimum Gasteiger partial charge on any atom is -0.336 e. The molecule has 3 rings (SSSR count). The molecule has 0 atom stereocenters. The smallest absolute Gasteiger partial charge is 0.262 e. The van der Waals surface area contributed by atoms with E-state index in [1.807, 2.05) is 6.92 Å². The third kappa shape index (κ3) is 4.01. The zero-order valence-electron chi connectivity index (χ0n) is 12.9. The van der Waals surface area contributed by atoms with Gasteiger partial charge in [0.05, 0.1) is 6.33 Å². The van der Waals surface area contributed by atoms with Crippen LogP contribution in [-0.2, 0) is 16.6 Å². The van der Waals surface area contributed by atoms with E-state index >= 15 is 0 Å². The topological polar surface area (TPSA) is 67.2 Å². The predicted molar refractivity (Wildman–Crippen MR) is 87.7 cm³/mol. The highest BCUT2D eigenvalue weighted by Crippen LogP contribution is 2.28. The van der Waals surface area contributed by atoms with Gasteiger partial charge in [-0.2, -0.15) is 4.31 Å². The Bertz CT molecular complexity index is 577. The Balaban J connectivity index is 0.00000176. The van der Waals surface area contributed by atoms with Gasteiger partial charge in [-0.05, 0) is 45.1 Å². The van der Waals surface area contributed by atoms with E-state index in [0.29, 0.717) is 19.1 Å². The molecule has 1 saturated heterocycles. The number of hydrogen-bond acceptors (Lipinski definition) is 4. The summed E-state index contributed by atoms with van der Waals surface area (Å²) in [6.07, 6.45) is 7.67. The summed E-state index contributed by atoms with van der Waals surface area (Å²) in [6, 6.07) is 0.463. The van der Waals surface area contributed by atoms with E-state index < -0.39 is 10.0 Å². The van der Waals surface area contributed by atoms with Crippen molar-refractivity contribution < 1.29 is 8.42 Å². The SMILES string of the molecule is CCn1cnc(S(=O)(=O)N2CCC(NCC3CC3)CC2)c1.Cl. The molecule has 22 heavy (non-hydrogen) atoms. The van der Waals surface area contributed by atoms with Crippen LogP contribution < -0.4 is 5.32 Å². The summed E-state index contributed by atoms with van der Waals surface area (Å²) in [4.78, 5) is 4.04. The first kappa shape index (κ1) is 17.7. The lowest BCUT2D eigenvalue weighted by Crippen LogP contribution is -2.45. The number of piperidine rings is 1. The number of halogens is 1. The Kier molecular flexibility index (Phi) is 5.87. The van der Waals surface area contributed by atoms with Gasteiger partial charge in [0.15, 0.2) is 5.03 Å². The van der Waals surface area contributed by atoms with Crippen LogP contribution in [0.1, 0.15) is 32.6 Å². The molecule has 2 fully saturated rings. The zero-order valence-corrected chi connectivity index (χ0v) is 14.6. The largest absolute Gasteiger partial charge is 0.336 e. The number of rotatable bonds is 6. The van der Waals surface area contributed by atoms with Crippen molar-refractivity contribution in [3.05, 3.63) is 12.5 Å². The highest BCUT2D eigenvalue weighted by Gasteiger charge is 2.31. The van der Waals surface area contributed by atoms with Gasteiger partial charge >= 0.3 is 0 Å². The molecule has 0 spiro atoms.